The van der Waals surface area contributed by atoms with E-state index >= 15 is 0 Å². The van der Waals surface area contributed by atoms with Crippen molar-refractivity contribution in [2.24, 2.45) is 4.99 Å². The zero-order valence-corrected chi connectivity index (χ0v) is 15.9. The van der Waals surface area contributed by atoms with Gasteiger partial charge < -0.3 is 10.1 Å². The van der Waals surface area contributed by atoms with Gasteiger partial charge in [-0.3, -0.25) is 10.1 Å². The zero-order chi connectivity index (χ0) is 20.9. The number of amides is 1. The first-order valence-electron chi connectivity index (χ1n) is 9.29. The number of benzene rings is 2. The Hall–Kier alpha value is -2.87. The Balaban J connectivity index is 1.73. The van der Waals surface area contributed by atoms with Crippen molar-refractivity contribution in [2.75, 3.05) is 18.5 Å². The number of guanidine groups is 1. The molecule has 8 heteroatoms. The lowest BCUT2D eigenvalue weighted by atomic mass is 10.1. The van der Waals surface area contributed by atoms with Crippen molar-refractivity contribution in [3.05, 3.63) is 65.2 Å². The van der Waals surface area contributed by atoms with E-state index in [1.807, 2.05) is 31.2 Å². The Bertz CT molecular complexity index is 856. The van der Waals surface area contributed by atoms with Gasteiger partial charge in [-0.05, 0) is 56.2 Å². The number of nitrogens with one attached hydrogen (secondary N) is 2. The number of nitrogens with zero attached hydrogens (tertiary/aromatic N) is 1. The summed E-state index contributed by atoms with van der Waals surface area (Å²) >= 11 is 0. The van der Waals surface area contributed by atoms with Crippen molar-refractivity contribution in [3.8, 4) is 0 Å². The van der Waals surface area contributed by atoms with Gasteiger partial charge in [0.1, 0.15) is 0 Å². The fraction of sp³-hybridized carbons (Fsp3) is 0.333. The molecule has 0 unspecified atom stereocenters. The molecule has 1 atom stereocenters. The van der Waals surface area contributed by atoms with E-state index in [2.05, 4.69) is 15.6 Å². The zero-order valence-electron chi connectivity index (χ0n) is 15.9. The maximum absolute atomic E-state index is 12.7. The van der Waals surface area contributed by atoms with E-state index in [-0.39, 0.29) is 17.6 Å². The summed E-state index contributed by atoms with van der Waals surface area (Å²) in [6.07, 6.45) is -2.59. The topological polar surface area (TPSA) is 62.7 Å². The molecule has 0 aromatic heterocycles. The highest BCUT2D eigenvalue weighted by atomic mass is 19.4. The smallest absolute Gasteiger partial charge is 0.376 e. The molecule has 1 aliphatic heterocycles. The van der Waals surface area contributed by atoms with Gasteiger partial charge in [0, 0.05) is 17.9 Å². The van der Waals surface area contributed by atoms with Crippen LogP contribution < -0.4 is 10.6 Å². The molecular weight excluding hydrogens is 383 g/mol. The fourth-order valence-electron chi connectivity index (χ4n) is 2.86. The minimum atomic E-state index is -4.45. The van der Waals surface area contributed by atoms with E-state index in [1.54, 1.807) is 0 Å². The molecule has 2 N–H and O–H groups in total. The summed E-state index contributed by atoms with van der Waals surface area (Å²) in [5.74, 6) is -0.335. The van der Waals surface area contributed by atoms with Crippen LogP contribution in [0.3, 0.4) is 0 Å². The minimum absolute atomic E-state index is 0.00668. The molecule has 0 spiro atoms. The van der Waals surface area contributed by atoms with Crippen LogP contribution in [0.15, 0.2) is 53.5 Å². The maximum atomic E-state index is 12.7. The molecule has 1 heterocycles. The van der Waals surface area contributed by atoms with Crippen LogP contribution in [0.25, 0.3) is 0 Å². The van der Waals surface area contributed by atoms with E-state index in [1.165, 1.54) is 0 Å². The number of rotatable bonds is 4. The maximum Gasteiger partial charge on any atom is 0.416 e. The first kappa shape index (κ1) is 20.9. The molecule has 5 nitrogen and oxygen atoms in total. The van der Waals surface area contributed by atoms with Crippen molar-refractivity contribution in [2.45, 2.75) is 32.0 Å². The highest BCUT2D eigenvalue weighted by molar-refractivity contribution is 6.09. The molecule has 29 heavy (non-hydrogen) atoms. The van der Waals surface area contributed by atoms with Gasteiger partial charge in [-0.25, -0.2) is 4.99 Å². The van der Waals surface area contributed by atoms with Gasteiger partial charge in [-0.2, -0.15) is 13.2 Å². The lowest BCUT2D eigenvalue weighted by molar-refractivity contribution is -0.137. The number of aryl methyl sites for hydroxylation is 1. The quantitative estimate of drug-likeness (QED) is 0.586. The Kier molecular flexibility index (Phi) is 6.53. The van der Waals surface area contributed by atoms with Crippen LogP contribution in [0.1, 0.15) is 34.3 Å². The van der Waals surface area contributed by atoms with E-state index in [9.17, 15) is 18.0 Å². The van der Waals surface area contributed by atoms with E-state index in [0.717, 1.165) is 48.4 Å². The van der Waals surface area contributed by atoms with Gasteiger partial charge in [0.05, 0.1) is 18.2 Å². The first-order valence-corrected chi connectivity index (χ1v) is 9.29. The predicted molar refractivity (Wildman–Crippen MR) is 105 cm³/mol. The molecule has 1 saturated heterocycles. The second kappa shape index (κ2) is 9.09. The molecule has 154 valence electrons. The third-order valence-electron chi connectivity index (χ3n) is 4.50. The standard InChI is InChI=1S/C21H22F3N3O2/c1-14-4-10-17(11-5-14)26-20(25-13-18-3-2-12-29-18)27-19(28)15-6-8-16(9-7-15)21(22,23)24/h4-11,18H,2-3,12-13H2,1H3,(H2,25,26,27,28)/t18-/m1/s1. The average Bonchev–Trinajstić information content (AvgIpc) is 3.21. The number of ether oxygens (including phenoxy) is 1. The second-order valence-electron chi connectivity index (χ2n) is 6.84. The molecule has 2 aromatic carbocycles. The molecule has 0 radical (unpaired) electrons. The number of carbonyl (C=O) groups is 1. The van der Waals surface area contributed by atoms with Gasteiger partial charge in [0.2, 0.25) is 5.96 Å². The number of anilines is 1. The molecule has 1 aliphatic rings. The van der Waals surface area contributed by atoms with Crippen molar-refractivity contribution >= 4 is 17.6 Å². The fourth-order valence-corrected chi connectivity index (χ4v) is 2.86. The third kappa shape index (κ3) is 6.05. The second-order valence-corrected chi connectivity index (χ2v) is 6.84. The van der Waals surface area contributed by atoms with Crippen LogP contribution in [0.2, 0.25) is 0 Å². The summed E-state index contributed by atoms with van der Waals surface area (Å²) in [5, 5.41) is 5.69. The summed E-state index contributed by atoms with van der Waals surface area (Å²) in [5.41, 5.74) is 1.12. The normalized spacial score (nSPS) is 17.2. The molecule has 2 aromatic rings. The Morgan fingerprint density at radius 3 is 2.41 bits per heavy atom. The van der Waals surface area contributed by atoms with Crippen LogP contribution in [-0.2, 0) is 10.9 Å². The van der Waals surface area contributed by atoms with Crippen LogP contribution >= 0.6 is 0 Å². The Morgan fingerprint density at radius 1 is 1.14 bits per heavy atom. The molecule has 0 bridgehead atoms. The van der Waals surface area contributed by atoms with Crippen LogP contribution in [0.5, 0.6) is 0 Å². The minimum Gasteiger partial charge on any atom is -0.376 e. The van der Waals surface area contributed by atoms with E-state index < -0.39 is 17.6 Å². The number of halogens is 3. The van der Waals surface area contributed by atoms with Gasteiger partial charge in [0.25, 0.3) is 5.91 Å². The number of carbonyl (C=O) groups excluding carboxylic acids is 1. The first-order chi connectivity index (χ1) is 13.8. The molecule has 0 saturated carbocycles. The summed E-state index contributed by atoms with van der Waals surface area (Å²) in [7, 11) is 0. The largest absolute Gasteiger partial charge is 0.416 e. The van der Waals surface area contributed by atoms with Gasteiger partial charge >= 0.3 is 6.18 Å². The SMILES string of the molecule is Cc1ccc(NC(=NC[C@H]2CCCO2)NC(=O)c2ccc(C(F)(F)F)cc2)cc1. The lowest BCUT2D eigenvalue weighted by Gasteiger charge is -2.14. The van der Waals surface area contributed by atoms with Crippen LogP contribution in [-0.4, -0.2) is 31.1 Å². The lowest BCUT2D eigenvalue weighted by Crippen LogP contribution is -2.36. The number of aliphatic imine (C=N–C) groups is 1. The average molecular weight is 405 g/mol. The number of hydrogen-bond donors (Lipinski definition) is 2. The van der Waals surface area contributed by atoms with Gasteiger partial charge in [-0.1, -0.05) is 17.7 Å². The Labute approximate surface area is 167 Å². The van der Waals surface area contributed by atoms with E-state index in [0.29, 0.717) is 13.2 Å². The summed E-state index contributed by atoms with van der Waals surface area (Å²) < 4.78 is 43.7. The Morgan fingerprint density at radius 2 is 1.83 bits per heavy atom. The highest BCUT2D eigenvalue weighted by Crippen LogP contribution is 2.29. The van der Waals surface area contributed by atoms with Gasteiger partial charge in [-0.15, -0.1) is 0 Å². The van der Waals surface area contributed by atoms with Gasteiger partial charge in [0.15, 0.2) is 0 Å². The number of hydrogen-bond acceptors (Lipinski definition) is 3. The van der Waals surface area contributed by atoms with E-state index in [4.69, 9.17) is 4.74 Å². The molecular formula is C21H22F3N3O2. The summed E-state index contributed by atoms with van der Waals surface area (Å²) in [4.78, 5) is 16.9. The monoisotopic (exact) mass is 405 g/mol. The molecule has 0 aliphatic carbocycles. The predicted octanol–water partition coefficient (Wildman–Crippen LogP) is 4.39. The van der Waals surface area contributed by atoms with Crippen molar-refractivity contribution < 1.29 is 22.7 Å². The summed E-state index contributed by atoms with van der Waals surface area (Å²) in [6.45, 7) is 3.03. The van der Waals surface area contributed by atoms with Crippen molar-refractivity contribution in [3.63, 3.8) is 0 Å². The third-order valence-corrected chi connectivity index (χ3v) is 4.50. The molecule has 3 rings (SSSR count). The highest BCUT2D eigenvalue weighted by Gasteiger charge is 2.30. The van der Waals surface area contributed by atoms with Crippen molar-refractivity contribution in [1.82, 2.24) is 5.32 Å². The summed E-state index contributed by atoms with van der Waals surface area (Å²) in [6, 6.07) is 11.6. The molecule has 1 amide bonds. The number of alkyl halides is 3. The molecule has 1 fully saturated rings. The van der Waals surface area contributed by atoms with Crippen LogP contribution in [0, 0.1) is 6.92 Å². The van der Waals surface area contributed by atoms with Crippen molar-refractivity contribution in [1.29, 1.82) is 0 Å². The van der Waals surface area contributed by atoms with Crippen LogP contribution in [0.4, 0.5) is 18.9 Å².